The predicted octanol–water partition coefficient (Wildman–Crippen LogP) is 5.28. The zero-order valence-corrected chi connectivity index (χ0v) is 12.4. The van der Waals surface area contributed by atoms with E-state index in [1.54, 1.807) is 7.11 Å². The highest BCUT2D eigenvalue weighted by atomic mass is 19.4. The van der Waals surface area contributed by atoms with Gasteiger partial charge in [0.25, 0.3) is 0 Å². The van der Waals surface area contributed by atoms with Crippen molar-refractivity contribution >= 4 is 5.69 Å². The molecule has 118 valence electrons. The number of halogens is 3. The second kappa shape index (κ2) is 6.73. The second-order valence-corrected chi connectivity index (χ2v) is 4.93. The predicted molar refractivity (Wildman–Crippen MR) is 81.1 cm³/mol. The molecule has 0 amide bonds. The summed E-state index contributed by atoms with van der Waals surface area (Å²) in [5.41, 5.74) is 0.988. The largest absolute Gasteiger partial charge is 0.495 e. The molecule has 0 spiro atoms. The lowest BCUT2D eigenvalue weighted by atomic mass is 10.0. The summed E-state index contributed by atoms with van der Waals surface area (Å²) in [7, 11) is 1.58. The second-order valence-electron chi connectivity index (χ2n) is 4.93. The third-order valence-corrected chi connectivity index (χ3v) is 3.49. The van der Waals surface area contributed by atoms with Crippen molar-refractivity contribution in [3.63, 3.8) is 0 Å². The van der Waals surface area contributed by atoms with Crippen molar-refractivity contribution in [3.8, 4) is 5.75 Å². The van der Waals surface area contributed by atoms with Crippen molar-refractivity contribution in [2.75, 3.05) is 12.4 Å². The van der Waals surface area contributed by atoms with Crippen LogP contribution in [0.15, 0.2) is 48.5 Å². The first kappa shape index (κ1) is 16.2. The first-order valence-electron chi connectivity index (χ1n) is 7.02. The van der Waals surface area contributed by atoms with E-state index in [0.717, 1.165) is 29.8 Å². The summed E-state index contributed by atoms with van der Waals surface area (Å²) in [6.45, 7) is 1.98. The molecule has 0 unspecified atom stereocenters. The molecule has 22 heavy (non-hydrogen) atoms. The van der Waals surface area contributed by atoms with Crippen molar-refractivity contribution in [2.45, 2.75) is 25.6 Å². The zero-order chi connectivity index (χ0) is 16.2. The Morgan fingerprint density at radius 3 is 2.23 bits per heavy atom. The SMILES string of the molecule is CC[C@H](Nc1ccccc1OC)c1ccc(C(F)(F)F)cc1. The molecule has 2 nitrogen and oxygen atoms in total. The minimum Gasteiger partial charge on any atom is -0.495 e. The van der Waals surface area contributed by atoms with Crippen LogP contribution in [0.25, 0.3) is 0 Å². The van der Waals surface area contributed by atoms with Crippen LogP contribution in [0.3, 0.4) is 0 Å². The monoisotopic (exact) mass is 309 g/mol. The lowest BCUT2D eigenvalue weighted by Crippen LogP contribution is -2.11. The molecule has 5 heteroatoms. The fourth-order valence-electron chi connectivity index (χ4n) is 2.28. The van der Waals surface area contributed by atoms with Crippen LogP contribution in [0.4, 0.5) is 18.9 Å². The number of hydrogen-bond donors (Lipinski definition) is 1. The van der Waals surface area contributed by atoms with Crippen molar-refractivity contribution in [3.05, 3.63) is 59.7 Å². The molecule has 2 rings (SSSR count). The maximum Gasteiger partial charge on any atom is 0.416 e. The summed E-state index contributed by atoms with van der Waals surface area (Å²) in [4.78, 5) is 0. The smallest absolute Gasteiger partial charge is 0.416 e. The highest BCUT2D eigenvalue weighted by molar-refractivity contribution is 5.57. The van der Waals surface area contributed by atoms with Crippen LogP contribution < -0.4 is 10.1 Å². The highest BCUT2D eigenvalue weighted by Gasteiger charge is 2.30. The molecule has 0 saturated heterocycles. The lowest BCUT2D eigenvalue weighted by molar-refractivity contribution is -0.137. The fourth-order valence-corrected chi connectivity index (χ4v) is 2.28. The van der Waals surface area contributed by atoms with Crippen molar-refractivity contribution < 1.29 is 17.9 Å². The summed E-state index contributed by atoms with van der Waals surface area (Å²) in [6, 6.07) is 12.6. The van der Waals surface area contributed by atoms with Gasteiger partial charge in [0.15, 0.2) is 0 Å². The zero-order valence-electron chi connectivity index (χ0n) is 12.4. The summed E-state index contributed by atoms with van der Waals surface area (Å²) in [5, 5.41) is 3.32. The third-order valence-electron chi connectivity index (χ3n) is 3.49. The minimum atomic E-state index is -4.31. The molecule has 1 N–H and O–H groups in total. The van der Waals surface area contributed by atoms with Gasteiger partial charge in [0.1, 0.15) is 5.75 Å². The summed E-state index contributed by atoms with van der Waals surface area (Å²) < 4.78 is 43.1. The maximum absolute atomic E-state index is 12.6. The van der Waals surface area contributed by atoms with Gasteiger partial charge in [-0.05, 0) is 36.2 Å². The molecule has 0 aliphatic carbocycles. The van der Waals surface area contributed by atoms with Gasteiger partial charge in [0.05, 0.1) is 24.4 Å². The number of nitrogens with one attached hydrogen (secondary N) is 1. The van der Waals surface area contributed by atoms with E-state index in [0.29, 0.717) is 5.75 Å². The standard InChI is InChI=1S/C17H18F3NO/c1-3-14(21-15-6-4-5-7-16(15)22-2)12-8-10-13(11-9-12)17(18,19)20/h4-11,14,21H,3H2,1-2H3/t14-/m0/s1. The van der Waals surface area contributed by atoms with Crippen LogP contribution in [0, 0.1) is 0 Å². The van der Waals surface area contributed by atoms with Crippen molar-refractivity contribution in [1.29, 1.82) is 0 Å². The number of alkyl halides is 3. The minimum absolute atomic E-state index is 0.0846. The number of ether oxygens (including phenoxy) is 1. The molecule has 0 aliphatic rings. The van der Waals surface area contributed by atoms with Gasteiger partial charge in [-0.2, -0.15) is 13.2 Å². The Balaban J connectivity index is 2.21. The van der Waals surface area contributed by atoms with E-state index in [4.69, 9.17) is 4.74 Å². The number of hydrogen-bond acceptors (Lipinski definition) is 2. The number of methoxy groups -OCH3 is 1. The van der Waals surface area contributed by atoms with Gasteiger partial charge in [0.2, 0.25) is 0 Å². The molecule has 0 aromatic heterocycles. The number of rotatable bonds is 5. The fraction of sp³-hybridized carbons (Fsp3) is 0.294. The molecule has 0 fully saturated rings. The highest BCUT2D eigenvalue weighted by Crippen LogP contribution is 2.32. The Kier molecular flexibility index (Phi) is 4.96. The van der Waals surface area contributed by atoms with Crippen molar-refractivity contribution in [1.82, 2.24) is 0 Å². The van der Waals surface area contributed by atoms with Gasteiger partial charge in [-0.1, -0.05) is 31.2 Å². The number of para-hydroxylation sites is 2. The molecule has 0 heterocycles. The van der Waals surface area contributed by atoms with Crippen LogP contribution in [0.5, 0.6) is 5.75 Å². The summed E-state index contributed by atoms with van der Waals surface area (Å²) >= 11 is 0. The average molecular weight is 309 g/mol. The van der Waals surface area contributed by atoms with Crippen LogP contribution in [0.1, 0.15) is 30.5 Å². The van der Waals surface area contributed by atoms with Crippen LogP contribution in [0.2, 0.25) is 0 Å². The van der Waals surface area contributed by atoms with E-state index in [-0.39, 0.29) is 6.04 Å². The van der Waals surface area contributed by atoms with E-state index >= 15 is 0 Å². The van der Waals surface area contributed by atoms with Gasteiger partial charge in [-0.25, -0.2) is 0 Å². The molecule has 0 saturated carbocycles. The van der Waals surface area contributed by atoms with Crippen molar-refractivity contribution in [2.24, 2.45) is 0 Å². The van der Waals surface area contributed by atoms with Crippen LogP contribution in [-0.2, 0) is 6.18 Å². The first-order chi connectivity index (χ1) is 10.5. The topological polar surface area (TPSA) is 21.3 Å². The van der Waals surface area contributed by atoms with Gasteiger partial charge in [-0.15, -0.1) is 0 Å². The molecule has 0 aliphatic heterocycles. The summed E-state index contributed by atoms with van der Waals surface area (Å²) in [5.74, 6) is 0.702. The van der Waals surface area contributed by atoms with Gasteiger partial charge in [-0.3, -0.25) is 0 Å². The number of anilines is 1. The van der Waals surface area contributed by atoms with E-state index < -0.39 is 11.7 Å². The molecule has 2 aromatic carbocycles. The van der Waals surface area contributed by atoms with E-state index in [1.807, 2.05) is 31.2 Å². The Morgan fingerprint density at radius 1 is 1.05 bits per heavy atom. The van der Waals surface area contributed by atoms with E-state index in [9.17, 15) is 13.2 Å². The quantitative estimate of drug-likeness (QED) is 0.811. The molecule has 0 bridgehead atoms. The van der Waals surface area contributed by atoms with Gasteiger partial charge >= 0.3 is 6.18 Å². The van der Waals surface area contributed by atoms with Crippen LogP contribution in [-0.4, -0.2) is 7.11 Å². The Bertz CT molecular complexity index is 608. The van der Waals surface area contributed by atoms with Gasteiger partial charge in [0, 0.05) is 0 Å². The maximum atomic E-state index is 12.6. The lowest BCUT2D eigenvalue weighted by Gasteiger charge is -2.21. The Morgan fingerprint density at radius 2 is 1.68 bits per heavy atom. The normalized spacial score (nSPS) is 12.8. The molecule has 1 atom stereocenters. The van der Waals surface area contributed by atoms with E-state index in [1.165, 1.54) is 12.1 Å². The molecular formula is C17H18F3NO. The third kappa shape index (κ3) is 3.72. The Labute approximate surface area is 127 Å². The summed E-state index contributed by atoms with van der Waals surface area (Å²) in [6.07, 6.45) is -3.57. The van der Waals surface area contributed by atoms with Gasteiger partial charge < -0.3 is 10.1 Å². The van der Waals surface area contributed by atoms with E-state index in [2.05, 4.69) is 5.32 Å². The molecule has 2 aromatic rings. The Hall–Kier alpha value is -2.17. The van der Waals surface area contributed by atoms with Crippen LogP contribution >= 0.6 is 0 Å². The first-order valence-corrected chi connectivity index (χ1v) is 7.02. The molecular weight excluding hydrogens is 291 g/mol. The number of benzene rings is 2. The molecule has 0 radical (unpaired) electrons. The average Bonchev–Trinajstić information content (AvgIpc) is 2.52.